The van der Waals surface area contributed by atoms with E-state index in [9.17, 15) is 4.79 Å². The van der Waals surface area contributed by atoms with Gasteiger partial charge in [0, 0.05) is 12.3 Å². The normalized spacial score (nSPS) is 51.8. The molecule has 78 valence electrons. The molecule has 3 saturated carbocycles. The lowest BCUT2D eigenvalue weighted by Crippen LogP contribution is -2.59. The van der Waals surface area contributed by atoms with E-state index in [2.05, 4.69) is 6.92 Å². The fourth-order valence-corrected chi connectivity index (χ4v) is 4.58. The third-order valence-electron chi connectivity index (χ3n) is 5.66. The Kier molecular flexibility index (Phi) is 1.67. The van der Waals surface area contributed by atoms with Gasteiger partial charge in [0.25, 0.3) is 0 Å². The van der Waals surface area contributed by atoms with Gasteiger partial charge in [-0.05, 0) is 42.9 Å². The van der Waals surface area contributed by atoms with E-state index in [4.69, 9.17) is 0 Å². The molecule has 0 aliphatic heterocycles. The molecule has 1 heteroatoms. The van der Waals surface area contributed by atoms with Gasteiger partial charge in [-0.25, -0.2) is 0 Å². The first kappa shape index (κ1) is 8.94. The Bertz CT molecular complexity index is 283. The van der Waals surface area contributed by atoms with Crippen LogP contribution in [0.1, 0.15) is 58.3 Å². The predicted molar refractivity (Wildman–Crippen MR) is 56.0 cm³/mol. The average molecular weight is 192 g/mol. The molecular formula is C13H20O. The molecule has 0 radical (unpaired) electrons. The minimum Gasteiger partial charge on any atom is -0.299 e. The molecule has 0 bridgehead atoms. The van der Waals surface area contributed by atoms with Crippen LogP contribution in [-0.2, 0) is 4.79 Å². The summed E-state index contributed by atoms with van der Waals surface area (Å²) < 4.78 is 0. The van der Waals surface area contributed by atoms with Gasteiger partial charge >= 0.3 is 0 Å². The quantitative estimate of drug-likeness (QED) is 0.575. The Labute approximate surface area is 86.3 Å². The summed E-state index contributed by atoms with van der Waals surface area (Å²) in [4.78, 5) is 11.8. The fourth-order valence-electron chi connectivity index (χ4n) is 4.58. The van der Waals surface area contributed by atoms with Gasteiger partial charge in [-0.15, -0.1) is 0 Å². The lowest BCUT2D eigenvalue weighted by atomic mass is 9.39. The summed E-state index contributed by atoms with van der Waals surface area (Å²) in [6.45, 7) is 2.46. The van der Waals surface area contributed by atoms with Crippen molar-refractivity contribution >= 4 is 5.78 Å². The Morgan fingerprint density at radius 3 is 2.64 bits per heavy atom. The topological polar surface area (TPSA) is 17.1 Å². The molecule has 14 heavy (non-hydrogen) atoms. The molecule has 3 fully saturated rings. The lowest BCUT2D eigenvalue weighted by molar-refractivity contribution is -0.173. The zero-order valence-corrected chi connectivity index (χ0v) is 9.14. The van der Waals surface area contributed by atoms with Crippen molar-refractivity contribution in [3.63, 3.8) is 0 Å². The summed E-state index contributed by atoms with van der Waals surface area (Å²) >= 11 is 0. The van der Waals surface area contributed by atoms with E-state index < -0.39 is 0 Å². The van der Waals surface area contributed by atoms with Gasteiger partial charge in [0.15, 0.2) is 0 Å². The van der Waals surface area contributed by atoms with Crippen LogP contribution in [0.2, 0.25) is 0 Å². The van der Waals surface area contributed by atoms with Crippen LogP contribution in [0.3, 0.4) is 0 Å². The van der Waals surface area contributed by atoms with Crippen LogP contribution in [0, 0.1) is 16.7 Å². The number of hydrogen-bond acceptors (Lipinski definition) is 1. The molecular weight excluding hydrogens is 172 g/mol. The summed E-state index contributed by atoms with van der Waals surface area (Å²) in [5, 5.41) is 0. The number of carbonyl (C=O) groups excluding carboxylic acids is 1. The van der Waals surface area contributed by atoms with Crippen molar-refractivity contribution in [1.29, 1.82) is 0 Å². The maximum absolute atomic E-state index is 11.8. The molecule has 0 aromatic rings. The molecule has 3 aliphatic carbocycles. The van der Waals surface area contributed by atoms with Crippen molar-refractivity contribution in [2.75, 3.05) is 0 Å². The number of Topliss-reactive ketones (excluding diaryl/α,β-unsaturated/α-hetero) is 1. The summed E-state index contributed by atoms with van der Waals surface area (Å²) in [7, 11) is 0. The van der Waals surface area contributed by atoms with Gasteiger partial charge < -0.3 is 0 Å². The van der Waals surface area contributed by atoms with E-state index in [1.807, 2.05) is 0 Å². The molecule has 0 N–H and O–H groups in total. The van der Waals surface area contributed by atoms with Crippen molar-refractivity contribution in [2.24, 2.45) is 16.7 Å². The van der Waals surface area contributed by atoms with Crippen LogP contribution in [0.15, 0.2) is 0 Å². The number of rotatable bonds is 0. The monoisotopic (exact) mass is 192 g/mol. The maximum atomic E-state index is 11.8. The molecule has 0 unspecified atom stereocenters. The first-order chi connectivity index (χ1) is 6.68. The Morgan fingerprint density at radius 1 is 1.14 bits per heavy atom. The maximum Gasteiger partial charge on any atom is 0.136 e. The van der Waals surface area contributed by atoms with Crippen LogP contribution < -0.4 is 0 Å². The van der Waals surface area contributed by atoms with Crippen molar-refractivity contribution in [1.82, 2.24) is 0 Å². The van der Waals surface area contributed by atoms with E-state index in [-0.39, 0.29) is 0 Å². The van der Waals surface area contributed by atoms with Gasteiger partial charge in [0.2, 0.25) is 0 Å². The molecule has 3 atom stereocenters. The van der Waals surface area contributed by atoms with Crippen LogP contribution >= 0.6 is 0 Å². The standard InChI is InChI=1S/C13H20O/c1-12-6-2-3-7-13(12)9-4-10(13)11(14)5-8-12/h10H,2-9H2,1H3/t10-,12+,13-/m1/s1. The number of carbonyl (C=O) groups is 1. The molecule has 0 amide bonds. The van der Waals surface area contributed by atoms with E-state index in [1.54, 1.807) is 0 Å². The van der Waals surface area contributed by atoms with E-state index in [0.29, 0.717) is 22.5 Å². The molecule has 1 nitrogen and oxygen atoms in total. The van der Waals surface area contributed by atoms with Crippen LogP contribution in [0.25, 0.3) is 0 Å². The molecule has 0 aromatic heterocycles. The molecule has 1 spiro atoms. The highest BCUT2D eigenvalue weighted by Gasteiger charge is 2.62. The predicted octanol–water partition coefficient (Wildman–Crippen LogP) is 3.33. The van der Waals surface area contributed by atoms with Gasteiger partial charge in [-0.2, -0.15) is 0 Å². The van der Waals surface area contributed by atoms with Crippen LogP contribution in [0.5, 0.6) is 0 Å². The minimum atomic E-state index is 0.473. The average Bonchev–Trinajstić information content (AvgIpc) is 2.12. The summed E-state index contributed by atoms with van der Waals surface area (Å²) in [5.74, 6) is 1.07. The van der Waals surface area contributed by atoms with Crippen molar-refractivity contribution in [2.45, 2.75) is 58.3 Å². The Hall–Kier alpha value is -0.330. The van der Waals surface area contributed by atoms with Gasteiger partial charge in [0.05, 0.1) is 0 Å². The molecule has 3 aliphatic rings. The summed E-state index contributed by atoms with van der Waals surface area (Å²) in [5.41, 5.74) is 1.00. The SMILES string of the molecule is C[C@@]12CCCC[C@]13CC[C@@H]3C(=O)CC2. The second kappa shape index (κ2) is 2.62. The highest BCUT2D eigenvalue weighted by Crippen LogP contribution is 2.68. The zero-order chi connectivity index (χ0) is 9.81. The highest BCUT2D eigenvalue weighted by atomic mass is 16.1. The van der Waals surface area contributed by atoms with E-state index in [0.717, 1.165) is 6.42 Å². The first-order valence-electron chi connectivity index (χ1n) is 6.21. The fraction of sp³-hybridized carbons (Fsp3) is 0.923. The van der Waals surface area contributed by atoms with Crippen molar-refractivity contribution < 1.29 is 4.79 Å². The van der Waals surface area contributed by atoms with Gasteiger partial charge in [0.1, 0.15) is 5.78 Å². The zero-order valence-electron chi connectivity index (χ0n) is 9.14. The third kappa shape index (κ3) is 0.844. The molecule has 3 rings (SSSR count). The number of hydrogen-bond donors (Lipinski definition) is 0. The van der Waals surface area contributed by atoms with Crippen LogP contribution in [-0.4, -0.2) is 5.78 Å². The minimum absolute atomic E-state index is 0.473. The smallest absolute Gasteiger partial charge is 0.136 e. The van der Waals surface area contributed by atoms with Gasteiger partial charge in [-0.1, -0.05) is 19.8 Å². The lowest BCUT2D eigenvalue weighted by Gasteiger charge is -2.64. The third-order valence-corrected chi connectivity index (χ3v) is 5.66. The molecule has 0 heterocycles. The molecule has 0 saturated heterocycles. The number of ketones is 1. The first-order valence-corrected chi connectivity index (χ1v) is 6.21. The van der Waals surface area contributed by atoms with Crippen LogP contribution in [0.4, 0.5) is 0 Å². The second-order valence-corrected chi connectivity index (χ2v) is 5.98. The highest BCUT2D eigenvalue weighted by molar-refractivity contribution is 5.84. The van der Waals surface area contributed by atoms with E-state index >= 15 is 0 Å². The molecule has 0 aromatic carbocycles. The Balaban J connectivity index is 1.99. The van der Waals surface area contributed by atoms with Crippen molar-refractivity contribution in [3.8, 4) is 0 Å². The van der Waals surface area contributed by atoms with E-state index in [1.165, 1.54) is 44.9 Å². The summed E-state index contributed by atoms with van der Waals surface area (Å²) in [6.07, 6.45) is 10.1. The summed E-state index contributed by atoms with van der Waals surface area (Å²) in [6, 6.07) is 0. The Morgan fingerprint density at radius 2 is 1.93 bits per heavy atom. The second-order valence-electron chi connectivity index (χ2n) is 5.98. The van der Waals surface area contributed by atoms with Gasteiger partial charge in [-0.3, -0.25) is 4.79 Å². The largest absolute Gasteiger partial charge is 0.299 e. The van der Waals surface area contributed by atoms with Crippen molar-refractivity contribution in [3.05, 3.63) is 0 Å².